The Kier molecular flexibility index (Phi) is 4.80. The molecule has 0 aromatic heterocycles. The molecule has 0 amide bonds. The third-order valence-corrected chi connectivity index (χ3v) is 3.35. The van der Waals surface area contributed by atoms with E-state index in [0.29, 0.717) is 16.8 Å². The molecule has 4 heteroatoms. The van der Waals surface area contributed by atoms with E-state index < -0.39 is 0 Å². The lowest BCUT2D eigenvalue weighted by molar-refractivity contribution is 0.303. The Labute approximate surface area is 110 Å². The average Bonchev–Trinajstić information content (AvgIpc) is 3.09. The molecule has 0 aliphatic heterocycles. The zero-order valence-corrected chi connectivity index (χ0v) is 11.3. The Morgan fingerprint density at radius 3 is 2.88 bits per heavy atom. The van der Waals surface area contributed by atoms with E-state index in [-0.39, 0.29) is 5.82 Å². The van der Waals surface area contributed by atoms with Crippen LogP contribution in [0.4, 0.5) is 4.39 Å². The number of rotatable bonds is 7. The van der Waals surface area contributed by atoms with Crippen molar-refractivity contribution in [1.29, 1.82) is 0 Å². The second-order valence-corrected chi connectivity index (χ2v) is 5.21. The summed E-state index contributed by atoms with van der Waals surface area (Å²) in [4.78, 5) is 0. The lowest BCUT2D eigenvalue weighted by Crippen LogP contribution is -2.17. The first-order valence-corrected chi connectivity index (χ1v) is 6.86. The van der Waals surface area contributed by atoms with Crippen molar-refractivity contribution in [3.05, 3.63) is 28.5 Å². The minimum Gasteiger partial charge on any atom is -0.492 e. The lowest BCUT2D eigenvalue weighted by atomic mass is 10.3. The summed E-state index contributed by atoms with van der Waals surface area (Å²) in [6.45, 7) is 1.75. The maximum Gasteiger partial charge on any atom is 0.133 e. The molecule has 1 aromatic rings. The van der Waals surface area contributed by atoms with Crippen LogP contribution < -0.4 is 10.1 Å². The first kappa shape index (κ1) is 12.8. The maximum absolute atomic E-state index is 12.8. The van der Waals surface area contributed by atoms with Gasteiger partial charge in [-0.1, -0.05) is 0 Å². The van der Waals surface area contributed by atoms with Gasteiger partial charge in [0.1, 0.15) is 11.6 Å². The van der Waals surface area contributed by atoms with Gasteiger partial charge < -0.3 is 10.1 Å². The Bertz CT molecular complexity index is 368. The average molecular weight is 302 g/mol. The van der Waals surface area contributed by atoms with Crippen molar-refractivity contribution in [2.45, 2.75) is 31.7 Å². The molecule has 2 nitrogen and oxygen atoms in total. The zero-order valence-electron chi connectivity index (χ0n) is 9.72. The van der Waals surface area contributed by atoms with E-state index in [0.717, 1.165) is 25.4 Å². The van der Waals surface area contributed by atoms with E-state index in [9.17, 15) is 4.39 Å². The molecule has 1 aromatic carbocycles. The normalized spacial score (nSPS) is 14.9. The Morgan fingerprint density at radius 2 is 2.18 bits per heavy atom. The van der Waals surface area contributed by atoms with Crippen molar-refractivity contribution in [1.82, 2.24) is 5.32 Å². The summed E-state index contributed by atoms with van der Waals surface area (Å²) < 4.78 is 19.1. The fraction of sp³-hybridized carbons (Fsp3) is 0.538. The van der Waals surface area contributed by atoms with Gasteiger partial charge in [0.15, 0.2) is 0 Å². The molecule has 1 aliphatic carbocycles. The minimum absolute atomic E-state index is 0.252. The summed E-state index contributed by atoms with van der Waals surface area (Å²) in [6.07, 6.45) is 4.80. The number of hydrogen-bond donors (Lipinski definition) is 1. The Balaban J connectivity index is 1.60. The molecule has 0 radical (unpaired) electrons. The van der Waals surface area contributed by atoms with Crippen molar-refractivity contribution in [2.75, 3.05) is 13.2 Å². The molecule has 17 heavy (non-hydrogen) atoms. The van der Waals surface area contributed by atoms with Gasteiger partial charge in [0.25, 0.3) is 0 Å². The van der Waals surface area contributed by atoms with Crippen molar-refractivity contribution >= 4 is 15.9 Å². The van der Waals surface area contributed by atoms with Crippen LogP contribution in [0.2, 0.25) is 0 Å². The molecular formula is C13H17BrFNO. The van der Waals surface area contributed by atoms with Crippen LogP contribution in [0, 0.1) is 5.82 Å². The summed E-state index contributed by atoms with van der Waals surface area (Å²) in [5.74, 6) is 0.458. The third-order valence-electron chi connectivity index (χ3n) is 2.73. The predicted molar refractivity (Wildman–Crippen MR) is 69.9 cm³/mol. The van der Waals surface area contributed by atoms with Crippen molar-refractivity contribution in [3.63, 3.8) is 0 Å². The van der Waals surface area contributed by atoms with E-state index in [1.54, 1.807) is 6.07 Å². The number of hydrogen-bond acceptors (Lipinski definition) is 2. The highest BCUT2D eigenvalue weighted by Gasteiger charge is 2.19. The molecule has 0 atom stereocenters. The van der Waals surface area contributed by atoms with Gasteiger partial charge in [-0.3, -0.25) is 0 Å². The van der Waals surface area contributed by atoms with Crippen LogP contribution in [0.5, 0.6) is 5.75 Å². The Morgan fingerprint density at radius 1 is 1.35 bits per heavy atom. The van der Waals surface area contributed by atoms with Gasteiger partial charge in [0.2, 0.25) is 0 Å². The molecule has 1 N–H and O–H groups in total. The Hall–Kier alpha value is -0.610. The van der Waals surface area contributed by atoms with Gasteiger partial charge in [-0.25, -0.2) is 4.39 Å². The maximum atomic E-state index is 12.8. The molecule has 2 rings (SSSR count). The summed E-state index contributed by atoms with van der Waals surface area (Å²) in [5, 5.41) is 3.46. The third kappa shape index (κ3) is 4.64. The highest BCUT2D eigenvalue weighted by Crippen LogP contribution is 2.25. The van der Waals surface area contributed by atoms with E-state index >= 15 is 0 Å². The predicted octanol–water partition coefficient (Wildman–Crippen LogP) is 3.50. The fourth-order valence-corrected chi connectivity index (χ4v) is 2.06. The quantitative estimate of drug-likeness (QED) is 0.778. The van der Waals surface area contributed by atoms with Crippen LogP contribution in [0.15, 0.2) is 22.7 Å². The molecule has 0 unspecified atom stereocenters. The van der Waals surface area contributed by atoms with Gasteiger partial charge in [-0.2, -0.15) is 0 Å². The summed E-state index contributed by atoms with van der Waals surface area (Å²) >= 11 is 3.28. The van der Waals surface area contributed by atoms with Crippen molar-refractivity contribution in [3.8, 4) is 5.75 Å². The molecule has 1 aliphatic rings. The van der Waals surface area contributed by atoms with Crippen molar-refractivity contribution in [2.24, 2.45) is 0 Å². The standard InChI is InChI=1S/C13H17BrFNO/c14-12-9-10(15)3-6-13(12)17-8-2-1-7-16-11-4-5-11/h3,6,9,11,16H,1-2,4-5,7-8H2. The van der Waals surface area contributed by atoms with Crippen LogP contribution >= 0.6 is 15.9 Å². The number of halogens is 2. The molecular weight excluding hydrogens is 285 g/mol. The topological polar surface area (TPSA) is 21.3 Å². The number of ether oxygens (including phenoxy) is 1. The van der Waals surface area contributed by atoms with E-state index in [1.165, 1.54) is 25.0 Å². The SMILES string of the molecule is Fc1ccc(OCCCCNC2CC2)c(Br)c1. The smallest absolute Gasteiger partial charge is 0.133 e. The summed E-state index contributed by atoms with van der Waals surface area (Å²) in [7, 11) is 0. The van der Waals surface area contributed by atoms with E-state index in [1.807, 2.05) is 0 Å². The highest BCUT2D eigenvalue weighted by atomic mass is 79.9. The van der Waals surface area contributed by atoms with Crippen molar-refractivity contribution < 1.29 is 9.13 Å². The van der Waals surface area contributed by atoms with Crippen LogP contribution in [0.1, 0.15) is 25.7 Å². The lowest BCUT2D eigenvalue weighted by Gasteiger charge is -2.08. The molecule has 94 valence electrons. The van der Waals surface area contributed by atoms with Crippen LogP contribution in [0.25, 0.3) is 0 Å². The van der Waals surface area contributed by atoms with Crippen LogP contribution in [-0.4, -0.2) is 19.2 Å². The number of nitrogens with one attached hydrogen (secondary N) is 1. The molecule has 0 heterocycles. The highest BCUT2D eigenvalue weighted by molar-refractivity contribution is 9.10. The second kappa shape index (κ2) is 6.36. The number of unbranched alkanes of at least 4 members (excludes halogenated alkanes) is 1. The second-order valence-electron chi connectivity index (χ2n) is 4.36. The molecule has 0 bridgehead atoms. The van der Waals surface area contributed by atoms with Gasteiger partial charge in [-0.15, -0.1) is 0 Å². The first-order valence-electron chi connectivity index (χ1n) is 6.07. The van der Waals surface area contributed by atoms with Crippen LogP contribution in [-0.2, 0) is 0 Å². The molecule has 1 fully saturated rings. The van der Waals surface area contributed by atoms with Gasteiger partial charge in [0, 0.05) is 6.04 Å². The van der Waals surface area contributed by atoms with Gasteiger partial charge in [-0.05, 0) is 66.4 Å². The van der Waals surface area contributed by atoms with E-state index in [2.05, 4.69) is 21.2 Å². The summed E-state index contributed by atoms with van der Waals surface area (Å²) in [5.41, 5.74) is 0. The zero-order chi connectivity index (χ0) is 12.1. The molecule has 1 saturated carbocycles. The van der Waals surface area contributed by atoms with Gasteiger partial charge in [0.05, 0.1) is 11.1 Å². The first-order chi connectivity index (χ1) is 8.25. The molecule has 0 saturated heterocycles. The monoisotopic (exact) mass is 301 g/mol. The molecule has 0 spiro atoms. The minimum atomic E-state index is -0.252. The van der Waals surface area contributed by atoms with Gasteiger partial charge >= 0.3 is 0 Å². The van der Waals surface area contributed by atoms with Crippen LogP contribution in [0.3, 0.4) is 0 Å². The largest absolute Gasteiger partial charge is 0.492 e. The number of benzene rings is 1. The fourth-order valence-electron chi connectivity index (χ4n) is 1.60. The van der Waals surface area contributed by atoms with E-state index in [4.69, 9.17) is 4.74 Å². The summed E-state index contributed by atoms with van der Waals surface area (Å²) in [6, 6.07) is 5.27.